The van der Waals surface area contributed by atoms with Gasteiger partial charge in [0.1, 0.15) is 5.75 Å². The van der Waals surface area contributed by atoms with E-state index in [4.69, 9.17) is 4.52 Å². The first-order valence-corrected chi connectivity index (χ1v) is 7.54. The molecule has 0 aliphatic heterocycles. The molecule has 0 aromatic heterocycles. The first-order chi connectivity index (χ1) is 8.19. The molecule has 0 radical (unpaired) electrons. The SMILES string of the molecule is CCCCC(c1ccc(O)cc1)[PH](=O)OCC. The van der Waals surface area contributed by atoms with Crippen LogP contribution in [0, 0.1) is 0 Å². The Kier molecular flexibility index (Phi) is 6.31. The Morgan fingerprint density at radius 2 is 1.94 bits per heavy atom. The Morgan fingerprint density at radius 1 is 1.29 bits per heavy atom. The van der Waals surface area contributed by atoms with E-state index in [2.05, 4.69) is 6.92 Å². The Labute approximate surface area is 104 Å². The Hall–Kier alpha value is -0.790. The molecule has 1 aromatic carbocycles. The maximum Gasteiger partial charge on any atom is 0.198 e. The summed E-state index contributed by atoms with van der Waals surface area (Å²) in [6.45, 7) is 4.46. The first kappa shape index (κ1) is 14.3. The summed E-state index contributed by atoms with van der Waals surface area (Å²) < 4.78 is 17.3. The van der Waals surface area contributed by atoms with Gasteiger partial charge in [-0.2, -0.15) is 0 Å². The van der Waals surface area contributed by atoms with Gasteiger partial charge >= 0.3 is 0 Å². The molecule has 0 saturated carbocycles. The highest BCUT2D eigenvalue weighted by Crippen LogP contribution is 2.45. The van der Waals surface area contributed by atoms with Crippen molar-refractivity contribution in [2.45, 2.75) is 38.8 Å². The molecular weight excluding hydrogens is 235 g/mol. The Bertz CT molecular complexity index is 348. The van der Waals surface area contributed by atoms with Gasteiger partial charge in [-0.1, -0.05) is 31.9 Å². The summed E-state index contributed by atoms with van der Waals surface area (Å²) in [6, 6.07) is 6.93. The van der Waals surface area contributed by atoms with Crippen LogP contribution in [-0.2, 0) is 9.09 Å². The fourth-order valence-corrected chi connectivity index (χ4v) is 3.17. The molecular formula is C13H21O3P. The zero-order chi connectivity index (χ0) is 12.7. The van der Waals surface area contributed by atoms with Crippen molar-refractivity contribution >= 4 is 8.03 Å². The third-order valence-corrected chi connectivity index (χ3v) is 4.48. The molecule has 0 aliphatic rings. The van der Waals surface area contributed by atoms with E-state index in [0.29, 0.717) is 6.61 Å². The maximum atomic E-state index is 12.0. The van der Waals surface area contributed by atoms with Gasteiger partial charge in [-0.15, -0.1) is 0 Å². The van der Waals surface area contributed by atoms with Crippen LogP contribution in [0.3, 0.4) is 0 Å². The molecule has 2 unspecified atom stereocenters. The molecule has 1 N–H and O–H groups in total. The van der Waals surface area contributed by atoms with Gasteiger partial charge in [0.25, 0.3) is 0 Å². The van der Waals surface area contributed by atoms with Crippen molar-refractivity contribution in [2.24, 2.45) is 0 Å². The molecule has 0 aliphatic carbocycles. The first-order valence-electron chi connectivity index (χ1n) is 6.14. The molecule has 1 rings (SSSR count). The van der Waals surface area contributed by atoms with Gasteiger partial charge in [-0.3, -0.25) is 4.57 Å². The van der Waals surface area contributed by atoms with Crippen LogP contribution in [0.5, 0.6) is 5.75 Å². The summed E-state index contributed by atoms with van der Waals surface area (Å²) in [5.41, 5.74) is 0.967. The van der Waals surface area contributed by atoms with Crippen molar-refractivity contribution in [3.05, 3.63) is 29.8 Å². The van der Waals surface area contributed by atoms with E-state index in [0.717, 1.165) is 24.8 Å². The van der Waals surface area contributed by atoms with Gasteiger partial charge in [0.15, 0.2) is 8.03 Å². The van der Waals surface area contributed by atoms with Crippen LogP contribution < -0.4 is 0 Å². The number of phenols is 1. The Balaban J connectivity index is 2.81. The standard InChI is InChI=1S/C13H21O3P/c1-3-5-6-13(17(15)16-4-2)11-7-9-12(14)10-8-11/h7-10,13-14,17H,3-6H2,1-2H3. The molecule has 4 heteroatoms. The zero-order valence-electron chi connectivity index (χ0n) is 10.5. The minimum Gasteiger partial charge on any atom is -0.508 e. The predicted molar refractivity (Wildman–Crippen MR) is 71.0 cm³/mol. The van der Waals surface area contributed by atoms with Crippen LogP contribution in [0.25, 0.3) is 0 Å². The van der Waals surface area contributed by atoms with Gasteiger partial charge in [0.2, 0.25) is 0 Å². The minimum atomic E-state index is -2.05. The van der Waals surface area contributed by atoms with Crippen molar-refractivity contribution in [2.75, 3.05) is 6.61 Å². The Morgan fingerprint density at radius 3 is 2.47 bits per heavy atom. The molecule has 0 fully saturated rings. The van der Waals surface area contributed by atoms with Crippen molar-refractivity contribution in [1.29, 1.82) is 0 Å². The normalized spacial score (nSPS) is 14.5. The quantitative estimate of drug-likeness (QED) is 0.746. The number of hydrogen-bond acceptors (Lipinski definition) is 3. The highest BCUT2D eigenvalue weighted by atomic mass is 31.1. The summed E-state index contributed by atoms with van der Waals surface area (Å²) in [5.74, 6) is 0.235. The second-order valence-corrected chi connectivity index (χ2v) is 5.66. The lowest BCUT2D eigenvalue weighted by Crippen LogP contribution is -1.96. The van der Waals surface area contributed by atoms with Gasteiger partial charge in [0.05, 0.1) is 12.3 Å². The van der Waals surface area contributed by atoms with Crippen LogP contribution >= 0.6 is 8.03 Å². The molecule has 17 heavy (non-hydrogen) atoms. The maximum absolute atomic E-state index is 12.0. The average Bonchev–Trinajstić information content (AvgIpc) is 2.32. The lowest BCUT2D eigenvalue weighted by atomic mass is 10.1. The number of unbranched alkanes of at least 4 members (excludes halogenated alkanes) is 1. The minimum absolute atomic E-state index is 0.0273. The lowest BCUT2D eigenvalue weighted by Gasteiger charge is -2.16. The molecule has 96 valence electrons. The largest absolute Gasteiger partial charge is 0.508 e. The predicted octanol–water partition coefficient (Wildman–Crippen LogP) is 4.13. The monoisotopic (exact) mass is 256 g/mol. The van der Waals surface area contributed by atoms with Crippen molar-refractivity contribution < 1.29 is 14.2 Å². The van der Waals surface area contributed by atoms with E-state index in [1.807, 2.05) is 19.1 Å². The van der Waals surface area contributed by atoms with E-state index >= 15 is 0 Å². The molecule has 0 amide bonds. The van der Waals surface area contributed by atoms with Gasteiger partial charge in [0, 0.05) is 0 Å². The summed E-state index contributed by atoms with van der Waals surface area (Å²) in [4.78, 5) is 0. The zero-order valence-corrected chi connectivity index (χ0v) is 11.5. The molecule has 0 heterocycles. The average molecular weight is 256 g/mol. The summed E-state index contributed by atoms with van der Waals surface area (Å²) >= 11 is 0. The van der Waals surface area contributed by atoms with Crippen LogP contribution in [0.2, 0.25) is 0 Å². The van der Waals surface area contributed by atoms with E-state index in [9.17, 15) is 9.67 Å². The van der Waals surface area contributed by atoms with Crippen molar-refractivity contribution in [3.63, 3.8) is 0 Å². The van der Waals surface area contributed by atoms with Crippen LogP contribution in [0.4, 0.5) is 0 Å². The smallest absolute Gasteiger partial charge is 0.198 e. The van der Waals surface area contributed by atoms with Crippen LogP contribution in [-0.4, -0.2) is 11.7 Å². The molecule has 0 spiro atoms. The fourth-order valence-electron chi connectivity index (χ4n) is 1.78. The molecule has 2 atom stereocenters. The van der Waals surface area contributed by atoms with E-state index in [1.54, 1.807) is 12.1 Å². The molecule has 3 nitrogen and oxygen atoms in total. The van der Waals surface area contributed by atoms with Crippen LogP contribution in [0.15, 0.2) is 24.3 Å². The highest BCUT2D eigenvalue weighted by molar-refractivity contribution is 7.39. The van der Waals surface area contributed by atoms with Crippen molar-refractivity contribution in [1.82, 2.24) is 0 Å². The number of aromatic hydroxyl groups is 1. The molecule has 1 aromatic rings. The summed E-state index contributed by atoms with van der Waals surface area (Å²) in [7, 11) is -2.05. The number of hydrogen-bond donors (Lipinski definition) is 1. The third-order valence-electron chi connectivity index (χ3n) is 2.71. The summed E-state index contributed by atoms with van der Waals surface area (Å²) in [5, 5.41) is 9.26. The third kappa shape index (κ3) is 4.53. The van der Waals surface area contributed by atoms with Gasteiger partial charge in [-0.25, -0.2) is 0 Å². The van der Waals surface area contributed by atoms with Crippen molar-refractivity contribution in [3.8, 4) is 5.75 Å². The second kappa shape index (κ2) is 7.52. The number of rotatable bonds is 7. The highest BCUT2D eigenvalue weighted by Gasteiger charge is 2.18. The number of phenolic OH excluding ortho intramolecular Hbond substituents is 1. The molecule has 0 saturated heterocycles. The van der Waals surface area contributed by atoms with Crippen LogP contribution in [0.1, 0.15) is 44.3 Å². The second-order valence-electron chi connectivity index (χ2n) is 4.04. The van der Waals surface area contributed by atoms with Gasteiger partial charge < -0.3 is 9.63 Å². The number of benzene rings is 1. The van der Waals surface area contributed by atoms with E-state index in [-0.39, 0.29) is 11.4 Å². The topological polar surface area (TPSA) is 46.5 Å². The molecule has 0 bridgehead atoms. The lowest BCUT2D eigenvalue weighted by molar-refractivity contribution is 0.341. The fraction of sp³-hybridized carbons (Fsp3) is 0.538. The van der Waals surface area contributed by atoms with E-state index in [1.165, 1.54) is 0 Å². The van der Waals surface area contributed by atoms with Gasteiger partial charge in [-0.05, 0) is 31.0 Å². The van der Waals surface area contributed by atoms with E-state index < -0.39 is 8.03 Å². The summed E-state index contributed by atoms with van der Waals surface area (Å²) in [6.07, 6.45) is 2.99.